The molecule has 1 aromatic carbocycles. The monoisotopic (exact) mass is 348 g/mol. The second-order valence-electron chi connectivity index (χ2n) is 5.03. The van der Waals surface area contributed by atoms with E-state index in [9.17, 15) is 19.5 Å². The van der Waals surface area contributed by atoms with Gasteiger partial charge in [-0.2, -0.15) is 0 Å². The van der Waals surface area contributed by atoms with Crippen molar-refractivity contribution < 1.29 is 29.3 Å². The molecule has 0 aliphatic carbocycles. The highest BCUT2D eigenvalue weighted by atomic mass is 16.5. The fourth-order valence-corrected chi connectivity index (χ4v) is 1.85. The van der Waals surface area contributed by atoms with Crippen LogP contribution in [-0.2, 0) is 20.9 Å². The number of aliphatic hydroxyl groups excluding tert-OH is 1. The largest absolute Gasteiger partial charge is 0.481 e. The lowest BCUT2D eigenvalue weighted by molar-refractivity contribution is -0.141. The number of benzene rings is 1. The van der Waals surface area contributed by atoms with E-state index in [2.05, 4.69) is 22.5 Å². The van der Waals surface area contributed by atoms with Gasteiger partial charge in [-0.05, 0) is 12.5 Å². The lowest BCUT2D eigenvalue weighted by Crippen LogP contribution is -2.50. The number of nitrogens with one attached hydrogen (secondary N) is 2. The van der Waals surface area contributed by atoms with Gasteiger partial charge in [0.05, 0.1) is 6.04 Å². The van der Waals surface area contributed by atoms with Crippen molar-refractivity contribution in [1.82, 2.24) is 10.6 Å². The summed E-state index contributed by atoms with van der Waals surface area (Å²) in [5, 5.41) is 23.2. The number of carbonyl (C=O) groups is 3. The first-order valence-electron chi connectivity index (χ1n) is 7.48. The molecule has 0 bridgehead atoms. The maximum Gasteiger partial charge on any atom is 0.407 e. The maximum absolute atomic E-state index is 11.7. The van der Waals surface area contributed by atoms with Crippen molar-refractivity contribution in [2.45, 2.75) is 32.1 Å². The van der Waals surface area contributed by atoms with Gasteiger partial charge >= 0.3 is 12.1 Å². The molecule has 8 nitrogen and oxygen atoms in total. The normalized spacial score (nSPS) is 12.1. The summed E-state index contributed by atoms with van der Waals surface area (Å²) in [5.74, 6) is 2.82. The smallest absolute Gasteiger partial charge is 0.407 e. The van der Waals surface area contributed by atoms with E-state index in [0.29, 0.717) is 0 Å². The number of carboxylic acid groups (broad SMARTS) is 1. The van der Waals surface area contributed by atoms with Crippen LogP contribution in [0.15, 0.2) is 30.3 Å². The van der Waals surface area contributed by atoms with Crippen molar-refractivity contribution >= 4 is 18.0 Å². The minimum absolute atomic E-state index is 0.0695. The molecule has 0 heterocycles. The summed E-state index contributed by atoms with van der Waals surface area (Å²) in [6, 6.07) is 8.08. The Hall–Kier alpha value is -3.05. The van der Waals surface area contributed by atoms with Gasteiger partial charge in [-0.1, -0.05) is 36.3 Å². The van der Waals surface area contributed by atoms with Crippen molar-refractivity contribution in [1.29, 1.82) is 0 Å². The molecule has 0 radical (unpaired) electrons. The number of alkyl carbamates (subject to hydrolysis) is 1. The predicted octanol–water partition coefficient (Wildman–Crippen LogP) is 0.256. The average Bonchev–Trinajstić information content (AvgIpc) is 2.57. The van der Waals surface area contributed by atoms with Crippen LogP contribution in [0.5, 0.6) is 0 Å². The molecule has 0 fully saturated rings. The van der Waals surface area contributed by atoms with E-state index in [4.69, 9.17) is 9.84 Å². The standard InChI is InChI=1S/C17H20N2O6/c1-2-6-14(20)13(19-15(21)9-16(22)23)10-18-17(24)25-11-12-7-4-3-5-8-12/h3-5,7-8,13-14,20H,9-11H2,1H3,(H,18,24)(H,19,21)(H,22,23)/t13-,14-/m0/s1. The summed E-state index contributed by atoms with van der Waals surface area (Å²) in [4.78, 5) is 33.8. The first kappa shape index (κ1) is 20.0. The number of aliphatic hydroxyl groups is 1. The molecule has 0 unspecified atom stereocenters. The number of hydrogen-bond donors (Lipinski definition) is 4. The fraction of sp³-hybridized carbons (Fsp3) is 0.353. The van der Waals surface area contributed by atoms with Gasteiger partial charge in [-0.25, -0.2) is 4.79 Å². The molecule has 2 atom stereocenters. The molecule has 0 aromatic heterocycles. The third-order valence-corrected chi connectivity index (χ3v) is 3.01. The van der Waals surface area contributed by atoms with E-state index >= 15 is 0 Å². The van der Waals surface area contributed by atoms with Gasteiger partial charge in [0.1, 0.15) is 19.1 Å². The van der Waals surface area contributed by atoms with Crippen LogP contribution in [0.25, 0.3) is 0 Å². The minimum Gasteiger partial charge on any atom is -0.481 e. The topological polar surface area (TPSA) is 125 Å². The molecule has 2 amide bonds. The molecular weight excluding hydrogens is 328 g/mol. The highest BCUT2D eigenvalue weighted by Crippen LogP contribution is 2.01. The van der Waals surface area contributed by atoms with E-state index in [1.54, 1.807) is 12.1 Å². The van der Waals surface area contributed by atoms with Gasteiger partial charge in [0.25, 0.3) is 0 Å². The highest BCUT2D eigenvalue weighted by Gasteiger charge is 2.22. The number of carbonyl (C=O) groups excluding carboxylic acids is 2. The lowest BCUT2D eigenvalue weighted by Gasteiger charge is -2.21. The highest BCUT2D eigenvalue weighted by molar-refractivity contribution is 5.93. The van der Waals surface area contributed by atoms with Gasteiger partial charge in [0.15, 0.2) is 0 Å². The van der Waals surface area contributed by atoms with Crippen molar-refractivity contribution in [2.75, 3.05) is 6.54 Å². The van der Waals surface area contributed by atoms with Crippen LogP contribution < -0.4 is 10.6 Å². The molecule has 0 aliphatic heterocycles. The summed E-state index contributed by atoms with van der Waals surface area (Å²) in [6.45, 7) is 1.40. The van der Waals surface area contributed by atoms with Crippen molar-refractivity contribution in [3.8, 4) is 11.8 Å². The van der Waals surface area contributed by atoms with Crippen LogP contribution >= 0.6 is 0 Å². The summed E-state index contributed by atoms with van der Waals surface area (Å²) in [6.07, 6.45) is -2.75. The lowest BCUT2D eigenvalue weighted by atomic mass is 10.1. The Labute approximate surface area is 145 Å². The Bertz CT molecular complexity index is 650. The van der Waals surface area contributed by atoms with E-state index in [1.165, 1.54) is 6.92 Å². The minimum atomic E-state index is -1.30. The van der Waals surface area contributed by atoms with Crippen LogP contribution in [-0.4, -0.2) is 46.9 Å². The molecule has 0 saturated carbocycles. The number of ether oxygens (including phenoxy) is 1. The van der Waals surface area contributed by atoms with Gasteiger partial charge in [-0.15, -0.1) is 5.92 Å². The Morgan fingerprint density at radius 2 is 1.92 bits per heavy atom. The van der Waals surface area contributed by atoms with Gasteiger partial charge < -0.3 is 25.6 Å². The number of aliphatic carboxylic acids is 1. The second kappa shape index (κ2) is 10.7. The first-order valence-corrected chi connectivity index (χ1v) is 7.48. The summed E-state index contributed by atoms with van der Waals surface area (Å²) in [7, 11) is 0. The van der Waals surface area contributed by atoms with Gasteiger partial charge in [0.2, 0.25) is 5.91 Å². The van der Waals surface area contributed by atoms with Crippen LogP contribution in [0, 0.1) is 11.8 Å². The summed E-state index contributed by atoms with van der Waals surface area (Å²) in [5.41, 5.74) is 0.806. The number of carboxylic acids is 1. The average molecular weight is 348 g/mol. The van der Waals surface area contributed by atoms with Crippen molar-refractivity contribution in [2.24, 2.45) is 0 Å². The van der Waals surface area contributed by atoms with Crippen LogP contribution in [0.4, 0.5) is 4.79 Å². The second-order valence-corrected chi connectivity index (χ2v) is 5.03. The molecule has 0 spiro atoms. The van der Waals surface area contributed by atoms with Gasteiger partial charge in [-0.3, -0.25) is 9.59 Å². The number of rotatable bonds is 8. The van der Waals surface area contributed by atoms with Gasteiger partial charge in [0, 0.05) is 6.54 Å². The first-order chi connectivity index (χ1) is 11.9. The van der Waals surface area contributed by atoms with Crippen LogP contribution in [0.1, 0.15) is 18.9 Å². The molecule has 25 heavy (non-hydrogen) atoms. The third-order valence-electron chi connectivity index (χ3n) is 3.01. The quantitative estimate of drug-likeness (QED) is 0.394. The zero-order valence-electron chi connectivity index (χ0n) is 13.7. The van der Waals surface area contributed by atoms with Crippen molar-refractivity contribution in [3.63, 3.8) is 0 Å². The molecule has 134 valence electrons. The molecule has 4 N–H and O–H groups in total. The Morgan fingerprint density at radius 1 is 1.24 bits per heavy atom. The zero-order chi connectivity index (χ0) is 18.7. The summed E-state index contributed by atoms with van der Waals surface area (Å²) >= 11 is 0. The third kappa shape index (κ3) is 8.39. The Kier molecular flexibility index (Phi) is 8.54. The molecule has 1 aromatic rings. The van der Waals surface area contributed by atoms with Crippen LogP contribution in [0.3, 0.4) is 0 Å². The number of amides is 2. The number of hydrogen-bond acceptors (Lipinski definition) is 5. The summed E-state index contributed by atoms with van der Waals surface area (Å²) < 4.78 is 5.01. The molecule has 1 rings (SSSR count). The van der Waals surface area contributed by atoms with E-state index in [0.717, 1.165) is 5.56 Å². The van der Waals surface area contributed by atoms with E-state index < -0.39 is 36.5 Å². The SMILES string of the molecule is CC#C[C@H](O)[C@H](CNC(=O)OCc1ccccc1)NC(=O)CC(=O)O. The fourth-order valence-electron chi connectivity index (χ4n) is 1.85. The van der Waals surface area contributed by atoms with E-state index in [1.807, 2.05) is 18.2 Å². The van der Waals surface area contributed by atoms with Crippen LogP contribution in [0.2, 0.25) is 0 Å². The molecule has 8 heteroatoms. The predicted molar refractivity (Wildman–Crippen MR) is 88.3 cm³/mol. The Balaban J connectivity index is 2.52. The molecular formula is C17H20N2O6. The van der Waals surface area contributed by atoms with Crippen molar-refractivity contribution in [3.05, 3.63) is 35.9 Å². The maximum atomic E-state index is 11.7. The van der Waals surface area contributed by atoms with E-state index in [-0.39, 0.29) is 13.2 Å². The zero-order valence-corrected chi connectivity index (χ0v) is 13.7. The molecule has 0 saturated heterocycles. The molecule has 0 aliphatic rings. The Morgan fingerprint density at radius 3 is 2.52 bits per heavy atom.